The van der Waals surface area contributed by atoms with Gasteiger partial charge in [0.15, 0.2) is 5.58 Å². The van der Waals surface area contributed by atoms with Crippen LogP contribution in [0.2, 0.25) is 10.0 Å². The number of amides is 1. The second-order valence-electron chi connectivity index (χ2n) is 10.7. The molecule has 1 saturated heterocycles. The normalized spacial score (nSPS) is 26.7. The number of oxazole rings is 1. The van der Waals surface area contributed by atoms with Crippen LogP contribution in [0.3, 0.4) is 0 Å². The van der Waals surface area contributed by atoms with Gasteiger partial charge >= 0.3 is 12.1 Å². The number of ether oxygens (including phenoxy) is 2. The molecule has 3 aromatic rings. The standard InChI is InChI=1S/C26H24Cl2N2O5/c1-25(2,3)35-24(32)30-12-17-20(10-26(17)11-21(26)30)34-23(31)13-4-5-18-19(8-13)33-22(29-18)14-6-15(27)9-16(28)7-14/h4-9,17,20-21H,10-12H2,1-3H3. The molecule has 1 spiro atoms. The highest BCUT2D eigenvalue weighted by atomic mass is 35.5. The Bertz CT molecular complexity index is 1360. The summed E-state index contributed by atoms with van der Waals surface area (Å²) in [4.78, 5) is 31.8. The van der Waals surface area contributed by atoms with Crippen molar-refractivity contribution in [2.45, 2.75) is 51.4 Å². The van der Waals surface area contributed by atoms with E-state index >= 15 is 0 Å². The quantitative estimate of drug-likeness (QED) is 0.378. The van der Waals surface area contributed by atoms with Gasteiger partial charge in [-0.25, -0.2) is 14.6 Å². The highest BCUT2D eigenvalue weighted by molar-refractivity contribution is 6.35. The third-order valence-electron chi connectivity index (χ3n) is 7.24. The first-order valence-corrected chi connectivity index (χ1v) is 12.4. The summed E-state index contributed by atoms with van der Waals surface area (Å²) in [5.41, 5.74) is 1.67. The summed E-state index contributed by atoms with van der Waals surface area (Å²) in [7, 11) is 0. The zero-order valence-corrected chi connectivity index (χ0v) is 21.0. The molecule has 2 heterocycles. The van der Waals surface area contributed by atoms with Crippen LogP contribution in [0.15, 0.2) is 40.8 Å². The van der Waals surface area contributed by atoms with Crippen LogP contribution in [0.5, 0.6) is 0 Å². The maximum absolute atomic E-state index is 12.9. The lowest BCUT2D eigenvalue weighted by atomic mass is 9.68. The van der Waals surface area contributed by atoms with Crippen molar-refractivity contribution < 1.29 is 23.5 Å². The number of hydrogen-bond acceptors (Lipinski definition) is 6. The number of hydrogen-bond donors (Lipinski definition) is 0. The fraction of sp³-hybridized carbons (Fsp3) is 0.423. The molecule has 2 aliphatic carbocycles. The lowest BCUT2D eigenvalue weighted by Crippen LogP contribution is -2.47. The van der Waals surface area contributed by atoms with Crippen LogP contribution in [0.4, 0.5) is 4.79 Å². The molecule has 0 bridgehead atoms. The molecule has 9 heteroatoms. The molecule has 4 unspecified atom stereocenters. The van der Waals surface area contributed by atoms with Crippen LogP contribution in [0.1, 0.15) is 44.0 Å². The van der Waals surface area contributed by atoms with Gasteiger partial charge in [0.25, 0.3) is 0 Å². The molecule has 35 heavy (non-hydrogen) atoms. The van der Waals surface area contributed by atoms with Gasteiger partial charge in [-0.3, -0.25) is 0 Å². The first kappa shape index (κ1) is 22.7. The summed E-state index contributed by atoms with van der Waals surface area (Å²) in [6.07, 6.45) is 1.23. The van der Waals surface area contributed by atoms with E-state index in [0.29, 0.717) is 44.7 Å². The summed E-state index contributed by atoms with van der Waals surface area (Å²) < 4.78 is 17.3. The molecular weight excluding hydrogens is 491 g/mol. The number of aromatic nitrogens is 1. The van der Waals surface area contributed by atoms with E-state index in [2.05, 4.69) is 4.98 Å². The van der Waals surface area contributed by atoms with E-state index in [1.165, 1.54) is 0 Å². The number of likely N-dealkylation sites (tertiary alicyclic amines) is 1. The molecule has 1 aliphatic heterocycles. The van der Waals surface area contributed by atoms with E-state index in [1.807, 2.05) is 25.7 Å². The number of benzene rings is 2. The van der Waals surface area contributed by atoms with Gasteiger partial charge in [0, 0.05) is 39.5 Å². The van der Waals surface area contributed by atoms with Crippen LogP contribution >= 0.6 is 23.2 Å². The van der Waals surface area contributed by atoms with E-state index in [-0.39, 0.29) is 29.6 Å². The zero-order chi connectivity index (χ0) is 24.7. The van der Waals surface area contributed by atoms with E-state index in [1.54, 1.807) is 36.4 Å². The van der Waals surface area contributed by atoms with E-state index in [0.717, 1.165) is 12.8 Å². The van der Waals surface area contributed by atoms with Gasteiger partial charge in [-0.1, -0.05) is 23.2 Å². The predicted molar refractivity (Wildman–Crippen MR) is 131 cm³/mol. The van der Waals surface area contributed by atoms with Crippen molar-refractivity contribution in [2.75, 3.05) is 6.54 Å². The second-order valence-corrected chi connectivity index (χ2v) is 11.6. The first-order valence-electron chi connectivity index (χ1n) is 11.6. The van der Waals surface area contributed by atoms with Crippen LogP contribution in [0, 0.1) is 11.3 Å². The van der Waals surface area contributed by atoms with Crippen LogP contribution < -0.4 is 0 Å². The highest BCUT2D eigenvalue weighted by Crippen LogP contribution is 2.71. The summed E-state index contributed by atoms with van der Waals surface area (Å²) >= 11 is 12.2. The number of piperidine rings is 1. The predicted octanol–water partition coefficient (Wildman–Crippen LogP) is 6.36. The van der Waals surface area contributed by atoms with Crippen LogP contribution in [-0.4, -0.2) is 46.2 Å². The highest BCUT2D eigenvalue weighted by Gasteiger charge is 2.76. The van der Waals surface area contributed by atoms with Crippen molar-refractivity contribution >= 4 is 46.4 Å². The average Bonchev–Trinajstić information content (AvgIpc) is 3.24. The third-order valence-corrected chi connectivity index (χ3v) is 7.67. The topological polar surface area (TPSA) is 81.9 Å². The Labute approximate surface area is 212 Å². The zero-order valence-electron chi connectivity index (χ0n) is 19.5. The Morgan fingerprint density at radius 2 is 1.86 bits per heavy atom. The average molecular weight is 515 g/mol. The van der Waals surface area contributed by atoms with Crippen LogP contribution in [0.25, 0.3) is 22.6 Å². The first-order chi connectivity index (χ1) is 16.5. The minimum absolute atomic E-state index is 0.0872. The summed E-state index contributed by atoms with van der Waals surface area (Å²) in [6, 6.07) is 10.3. The number of carbonyl (C=O) groups is 2. The number of esters is 1. The molecule has 1 aromatic heterocycles. The molecule has 0 N–H and O–H groups in total. The molecule has 4 atom stereocenters. The van der Waals surface area contributed by atoms with E-state index < -0.39 is 11.6 Å². The number of fused-ring (bicyclic) bond motifs is 1. The Hall–Kier alpha value is -2.77. The van der Waals surface area contributed by atoms with Crippen molar-refractivity contribution in [3.05, 3.63) is 52.0 Å². The van der Waals surface area contributed by atoms with E-state index in [9.17, 15) is 9.59 Å². The fourth-order valence-corrected chi connectivity index (χ4v) is 6.09. The van der Waals surface area contributed by atoms with Gasteiger partial charge in [-0.2, -0.15) is 0 Å². The number of rotatable bonds is 3. The lowest BCUT2D eigenvalue weighted by molar-refractivity contribution is -0.0576. The summed E-state index contributed by atoms with van der Waals surface area (Å²) in [5, 5.41) is 0.958. The van der Waals surface area contributed by atoms with Gasteiger partial charge in [-0.15, -0.1) is 0 Å². The molecule has 2 saturated carbocycles. The summed E-state index contributed by atoms with van der Waals surface area (Å²) in [6.45, 7) is 6.15. The Morgan fingerprint density at radius 3 is 2.57 bits per heavy atom. The summed E-state index contributed by atoms with van der Waals surface area (Å²) in [5.74, 6) is 0.101. The molecule has 3 fully saturated rings. The molecule has 2 aromatic carbocycles. The molecular formula is C26H24Cl2N2O5. The van der Waals surface area contributed by atoms with Crippen molar-refractivity contribution in [3.8, 4) is 11.5 Å². The molecule has 0 radical (unpaired) electrons. The lowest BCUT2D eigenvalue weighted by Gasteiger charge is -2.41. The van der Waals surface area contributed by atoms with Gasteiger partial charge in [0.1, 0.15) is 17.2 Å². The van der Waals surface area contributed by atoms with Crippen molar-refractivity contribution in [3.63, 3.8) is 0 Å². The molecule has 6 rings (SSSR count). The molecule has 182 valence electrons. The van der Waals surface area contributed by atoms with Crippen molar-refractivity contribution in [1.29, 1.82) is 0 Å². The smallest absolute Gasteiger partial charge is 0.410 e. The SMILES string of the molecule is CC(C)(C)OC(=O)N1CC2C(OC(=O)c3ccc4nc(-c5cc(Cl)cc(Cl)c5)oc4c3)CC23CC13. The third kappa shape index (κ3) is 3.85. The molecule has 1 amide bonds. The molecule has 7 nitrogen and oxygen atoms in total. The van der Waals surface area contributed by atoms with Crippen molar-refractivity contribution in [1.82, 2.24) is 9.88 Å². The van der Waals surface area contributed by atoms with Crippen LogP contribution in [-0.2, 0) is 9.47 Å². The van der Waals surface area contributed by atoms with Crippen molar-refractivity contribution in [2.24, 2.45) is 11.3 Å². The number of halogens is 2. The fourth-order valence-electron chi connectivity index (χ4n) is 5.56. The second kappa shape index (κ2) is 7.61. The van der Waals surface area contributed by atoms with Gasteiger partial charge < -0.3 is 18.8 Å². The minimum Gasteiger partial charge on any atom is -0.458 e. The van der Waals surface area contributed by atoms with Gasteiger partial charge in [0.05, 0.1) is 5.56 Å². The van der Waals surface area contributed by atoms with E-state index in [4.69, 9.17) is 37.1 Å². The monoisotopic (exact) mass is 514 g/mol. The number of nitrogens with zero attached hydrogens (tertiary/aromatic N) is 2. The Kier molecular flexibility index (Phi) is 4.93. The van der Waals surface area contributed by atoms with Gasteiger partial charge in [0.2, 0.25) is 5.89 Å². The maximum atomic E-state index is 12.9. The Balaban J connectivity index is 1.15. The molecule has 3 aliphatic rings. The minimum atomic E-state index is -0.537. The maximum Gasteiger partial charge on any atom is 0.410 e. The van der Waals surface area contributed by atoms with Gasteiger partial charge in [-0.05, 0) is 70.0 Å². The largest absolute Gasteiger partial charge is 0.458 e. The Morgan fingerprint density at radius 1 is 1.11 bits per heavy atom. The number of carbonyl (C=O) groups excluding carboxylic acids is 2.